The van der Waals surface area contributed by atoms with E-state index in [4.69, 9.17) is 5.11 Å². The fourth-order valence-electron chi connectivity index (χ4n) is 1.61. The van der Waals surface area contributed by atoms with Crippen molar-refractivity contribution in [1.29, 1.82) is 0 Å². The molecule has 0 aliphatic carbocycles. The topological polar surface area (TPSA) is 20.2 Å². The van der Waals surface area contributed by atoms with Crippen LogP contribution in [0.15, 0.2) is 36.4 Å². The van der Waals surface area contributed by atoms with Gasteiger partial charge in [0.05, 0.1) is 5.56 Å². The number of rotatable bonds is 1. The van der Waals surface area contributed by atoms with E-state index in [-0.39, 0.29) is 11.1 Å². The first-order valence-corrected chi connectivity index (χ1v) is 5.14. The maximum atomic E-state index is 13.3. The molecule has 0 aromatic heterocycles. The van der Waals surface area contributed by atoms with Crippen molar-refractivity contribution in [2.75, 3.05) is 0 Å². The van der Waals surface area contributed by atoms with Crippen LogP contribution < -0.4 is 0 Å². The van der Waals surface area contributed by atoms with E-state index in [9.17, 15) is 22.0 Å². The monoisotopic (exact) mass is 274 g/mol. The molecule has 0 amide bonds. The van der Waals surface area contributed by atoms with Gasteiger partial charge >= 0.3 is 6.18 Å². The van der Waals surface area contributed by atoms with Crippen LogP contribution in [-0.2, 0) is 6.18 Å². The largest absolute Gasteiger partial charge is 0.505 e. The van der Waals surface area contributed by atoms with Crippen LogP contribution in [0.2, 0.25) is 0 Å². The molecule has 1 N–H and O–H groups in total. The Kier molecular flexibility index (Phi) is 3.18. The zero-order chi connectivity index (χ0) is 14.2. The lowest BCUT2D eigenvalue weighted by atomic mass is 10.0. The normalized spacial score (nSPS) is 11.6. The smallest absolute Gasteiger partial charge is 0.419 e. The van der Waals surface area contributed by atoms with Crippen molar-refractivity contribution in [3.8, 4) is 16.9 Å². The van der Waals surface area contributed by atoms with Crippen LogP contribution in [0.25, 0.3) is 11.1 Å². The highest BCUT2D eigenvalue weighted by Crippen LogP contribution is 2.34. The summed E-state index contributed by atoms with van der Waals surface area (Å²) in [5, 5.41) is 9.00. The van der Waals surface area contributed by atoms with Gasteiger partial charge in [-0.25, -0.2) is 8.78 Å². The van der Waals surface area contributed by atoms with Gasteiger partial charge in [0, 0.05) is 0 Å². The molecule has 6 heteroatoms. The molecule has 2 rings (SSSR count). The Bertz CT molecular complexity index is 619. The van der Waals surface area contributed by atoms with Gasteiger partial charge in [-0.3, -0.25) is 0 Å². The molecule has 0 aliphatic heterocycles. The minimum atomic E-state index is -4.77. The van der Waals surface area contributed by atoms with Crippen molar-refractivity contribution in [1.82, 2.24) is 0 Å². The summed E-state index contributed by atoms with van der Waals surface area (Å²) in [7, 11) is 0. The molecule has 100 valence electrons. The minimum Gasteiger partial charge on any atom is -0.505 e. The third-order valence-electron chi connectivity index (χ3n) is 2.56. The molecule has 0 fully saturated rings. The van der Waals surface area contributed by atoms with Gasteiger partial charge in [0.2, 0.25) is 0 Å². The summed E-state index contributed by atoms with van der Waals surface area (Å²) < 4.78 is 63.6. The molecular weight excluding hydrogens is 267 g/mol. The molecule has 0 atom stereocenters. The average Bonchev–Trinajstić information content (AvgIpc) is 2.31. The summed E-state index contributed by atoms with van der Waals surface area (Å²) >= 11 is 0. The van der Waals surface area contributed by atoms with Gasteiger partial charge < -0.3 is 5.11 Å². The first-order chi connectivity index (χ1) is 8.79. The van der Waals surface area contributed by atoms with Gasteiger partial charge in [0.15, 0.2) is 11.6 Å². The molecule has 1 nitrogen and oxygen atoms in total. The van der Waals surface area contributed by atoms with E-state index in [0.717, 1.165) is 18.2 Å². The quantitative estimate of drug-likeness (QED) is 0.766. The fraction of sp³-hybridized carbons (Fsp3) is 0.0769. The standard InChI is InChI=1S/C13H7F5O/c14-10-5-7(1-3-9(10)13(16,17)18)8-2-4-12(19)11(15)6-8/h1-6,19H. The number of aromatic hydroxyl groups is 1. The highest BCUT2D eigenvalue weighted by molar-refractivity contribution is 5.65. The van der Waals surface area contributed by atoms with E-state index >= 15 is 0 Å². The molecule has 0 unspecified atom stereocenters. The first-order valence-electron chi connectivity index (χ1n) is 5.14. The molecule has 0 heterocycles. The van der Waals surface area contributed by atoms with Gasteiger partial charge in [-0.05, 0) is 35.4 Å². The Balaban J connectivity index is 2.47. The van der Waals surface area contributed by atoms with E-state index in [2.05, 4.69) is 0 Å². The number of hydrogen-bond donors (Lipinski definition) is 1. The Labute approximate surface area is 104 Å². The zero-order valence-electron chi connectivity index (χ0n) is 9.30. The van der Waals surface area contributed by atoms with Crippen molar-refractivity contribution < 1.29 is 27.1 Å². The third kappa shape index (κ3) is 2.67. The van der Waals surface area contributed by atoms with Crippen LogP contribution >= 0.6 is 0 Å². The number of halogens is 5. The Hall–Kier alpha value is -2.11. The summed E-state index contributed by atoms with van der Waals surface area (Å²) in [6, 6.07) is 5.54. The third-order valence-corrected chi connectivity index (χ3v) is 2.56. The molecule has 0 bridgehead atoms. The molecule has 0 radical (unpaired) electrons. The average molecular weight is 274 g/mol. The maximum Gasteiger partial charge on any atom is 0.419 e. The predicted molar refractivity (Wildman–Crippen MR) is 58.5 cm³/mol. The van der Waals surface area contributed by atoms with Gasteiger partial charge in [0.1, 0.15) is 5.82 Å². The van der Waals surface area contributed by atoms with Crippen LogP contribution in [0.1, 0.15) is 5.56 Å². The number of phenols is 1. The summed E-state index contributed by atoms with van der Waals surface area (Å²) in [4.78, 5) is 0. The highest BCUT2D eigenvalue weighted by Gasteiger charge is 2.33. The summed E-state index contributed by atoms with van der Waals surface area (Å²) in [6.07, 6.45) is -4.77. The SMILES string of the molecule is Oc1ccc(-c2ccc(C(F)(F)F)c(F)c2)cc1F. The molecule has 0 spiro atoms. The number of phenolic OH excluding ortho intramolecular Hbond substituents is 1. The molecular formula is C13H7F5O. The van der Waals surface area contributed by atoms with Crippen LogP contribution in [0.4, 0.5) is 22.0 Å². The highest BCUT2D eigenvalue weighted by atomic mass is 19.4. The van der Waals surface area contributed by atoms with Gasteiger partial charge in [-0.15, -0.1) is 0 Å². The maximum absolute atomic E-state index is 13.3. The van der Waals surface area contributed by atoms with Crippen molar-refractivity contribution in [2.45, 2.75) is 6.18 Å². The van der Waals surface area contributed by atoms with Crippen molar-refractivity contribution in [2.24, 2.45) is 0 Å². The second-order valence-corrected chi connectivity index (χ2v) is 3.86. The Morgan fingerprint density at radius 2 is 1.32 bits per heavy atom. The van der Waals surface area contributed by atoms with E-state index in [0.29, 0.717) is 12.1 Å². The minimum absolute atomic E-state index is 0.0874. The second kappa shape index (κ2) is 4.53. The van der Waals surface area contributed by atoms with E-state index in [1.807, 2.05) is 0 Å². The molecule has 0 saturated carbocycles. The molecule has 0 aliphatic rings. The van der Waals surface area contributed by atoms with Crippen LogP contribution in [0, 0.1) is 11.6 Å². The van der Waals surface area contributed by atoms with Gasteiger partial charge in [-0.1, -0.05) is 12.1 Å². The lowest BCUT2D eigenvalue weighted by Crippen LogP contribution is -2.07. The van der Waals surface area contributed by atoms with Crippen molar-refractivity contribution in [3.05, 3.63) is 53.6 Å². The molecule has 2 aromatic carbocycles. The van der Waals surface area contributed by atoms with E-state index in [1.54, 1.807) is 0 Å². The number of hydrogen-bond acceptors (Lipinski definition) is 1. The fourth-order valence-corrected chi connectivity index (χ4v) is 1.61. The predicted octanol–water partition coefficient (Wildman–Crippen LogP) is 4.36. The van der Waals surface area contributed by atoms with Crippen molar-refractivity contribution in [3.63, 3.8) is 0 Å². The lowest BCUT2D eigenvalue weighted by molar-refractivity contribution is -0.139. The van der Waals surface area contributed by atoms with Gasteiger partial charge in [0.25, 0.3) is 0 Å². The molecule has 0 saturated heterocycles. The molecule has 2 aromatic rings. The summed E-state index contributed by atoms with van der Waals surface area (Å²) in [6.45, 7) is 0. The summed E-state index contributed by atoms with van der Waals surface area (Å²) in [5.74, 6) is -2.95. The van der Waals surface area contributed by atoms with E-state index in [1.165, 1.54) is 6.07 Å². The molecule has 19 heavy (non-hydrogen) atoms. The Morgan fingerprint density at radius 1 is 0.789 bits per heavy atom. The van der Waals surface area contributed by atoms with Crippen LogP contribution in [-0.4, -0.2) is 5.11 Å². The second-order valence-electron chi connectivity index (χ2n) is 3.86. The summed E-state index contributed by atoms with van der Waals surface area (Å²) in [5.41, 5.74) is -1.12. The number of alkyl halides is 3. The first kappa shape index (κ1) is 13.3. The van der Waals surface area contributed by atoms with Gasteiger partial charge in [-0.2, -0.15) is 13.2 Å². The van der Waals surface area contributed by atoms with Crippen LogP contribution in [0.3, 0.4) is 0 Å². The van der Waals surface area contributed by atoms with Crippen LogP contribution in [0.5, 0.6) is 5.75 Å². The Morgan fingerprint density at radius 3 is 1.79 bits per heavy atom. The number of benzene rings is 2. The van der Waals surface area contributed by atoms with E-state index < -0.39 is 29.1 Å². The zero-order valence-corrected chi connectivity index (χ0v) is 9.30. The lowest BCUT2D eigenvalue weighted by Gasteiger charge is -2.09. The van der Waals surface area contributed by atoms with Crippen molar-refractivity contribution >= 4 is 0 Å².